The molecule has 2 aromatic carbocycles. The fourth-order valence-electron chi connectivity index (χ4n) is 5.02. The number of nitrogens with zero attached hydrogens (tertiary/aromatic N) is 1. The van der Waals surface area contributed by atoms with Gasteiger partial charge in [0.15, 0.2) is 0 Å². The molecule has 0 bridgehead atoms. The summed E-state index contributed by atoms with van der Waals surface area (Å²) in [4.78, 5) is 76.8. The van der Waals surface area contributed by atoms with Crippen LogP contribution in [0.4, 0.5) is 5.69 Å². The van der Waals surface area contributed by atoms with E-state index in [-0.39, 0.29) is 49.7 Å². The van der Waals surface area contributed by atoms with E-state index in [1.54, 1.807) is 45.0 Å². The molecular weight excluding hydrogens is 626 g/mol. The van der Waals surface area contributed by atoms with Crippen molar-refractivity contribution in [2.45, 2.75) is 90.8 Å². The van der Waals surface area contributed by atoms with E-state index in [1.807, 2.05) is 30.3 Å². The van der Waals surface area contributed by atoms with Gasteiger partial charge in [-0.05, 0) is 82.7 Å². The van der Waals surface area contributed by atoms with Gasteiger partial charge in [0.25, 0.3) is 11.8 Å². The zero-order chi connectivity index (χ0) is 35.8. The van der Waals surface area contributed by atoms with Gasteiger partial charge in [-0.25, -0.2) is 0 Å². The summed E-state index contributed by atoms with van der Waals surface area (Å²) < 4.78 is 5.36. The number of hydrogen-bond donors (Lipinski definition) is 4. The zero-order valence-electron chi connectivity index (χ0n) is 28.7. The van der Waals surface area contributed by atoms with Crippen LogP contribution in [0.1, 0.15) is 76.8 Å². The number of unbranched alkanes of at least 4 members (excludes halogenated alkanes) is 3. The third-order valence-corrected chi connectivity index (χ3v) is 7.90. The highest BCUT2D eigenvalue weighted by atomic mass is 16.5. The van der Waals surface area contributed by atoms with Crippen molar-refractivity contribution in [1.82, 2.24) is 15.5 Å². The lowest BCUT2D eigenvalue weighted by Crippen LogP contribution is -2.53. The summed E-state index contributed by atoms with van der Waals surface area (Å²) in [5, 5.41) is 8.55. The molecule has 2 aromatic rings. The van der Waals surface area contributed by atoms with Crippen LogP contribution in [0, 0.1) is 5.41 Å². The zero-order valence-corrected chi connectivity index (χ0v) is 28.7. The predicted octanol–water partition coefficient (Wildman–Crippen LogP) is 3.54. The summed E-state index contributed by atoms with van der Waals surface area (Å²) in [5.41, 5.74) is 7.19. The Bertz CT molecular complexity index is 1450. The normalized spacial score (nSPS) is 13.9. The van der Waals surface area contributed by atoms with E-state index >= 15 is 0 Å². The van der Waals surface area contributed by atoms with Crippen molar-refractivity contribution in [2.24, 2.45) is 11.1 Å². The van der Waals surface area contributed by atoms with Crippen LogP contribution in [0.2, 0.25) is 0 Å². The highest BCUT2D eigenvalue weighted by molar-refractivity contribution is 6.12. The lowest BCUT2D eigenvalue weighted by molar-refractivity contribution is -0.154. The van der Waals surface area contributed by atoms with Crippen LogP contribution in [0.25, 0.3) is 0 Å². The highest BCUT2D eigenvalue weighted by Crippen LogP contribution is 2.18. The SMILES string of the molecule is CC(C)(C)C(=O)OCc1ccc(NC(=O)[C@H](CCCCN)NC(=O)[C@H](Cc2ccccc2)NC(=O)CCCCCN2C(=O)C=CC2=O)cc1. The molecule has 0 aliphatic carbocycles. The maximum atomic E-state index is 13.7. The summed E-state index contributed by atoms with van der Waals surface area (Å²) in [5.74, 6) is -2.19. The number of imide groups is 1. The number of nitrogens with two attached hydrogens (primary N) is 1. The average molecular weight is 676 g/mol. The maximum Gasteiger partial charge on any atom is 0.311 e. The molecule has 264 valence electrons. The van der Waals surface area contributed by atoms with Gasteiger partial charge in [-0.1, -0.05) is 48.9 Å². The summed E-state index contributed by atoms with van der Waals surface area (Å²) >= 11 is 0. The molecule has 0 aromatic heterocycles. The lowest BCUT2D eigenvalue weighted by Gasteiger charge is -2.23. The number of esters is 1. The number of amides is 5. The molecule has 0 saturated heterocycles. The van der Waals surface area contributed by atoms with Gasteiger partial charge in [0.05, 0.1) is 5.41 Å². The van der Waals surface area contributed by atoms with E-state index in [0.717, 1.165) is 11.1 Å². The van der Waals surface area contributed by atoms with Crippen molar-refractivity contribution >= 4 is 41.2 Å². The lowest BCUT2D eigenvalue weighted by atomic mass is 9.97. The van der Waals surface area contributed by atoms with Gasteiger partial charge in [0, 0.05) is 37.2 Å². The summed E-state index contributed by atoms with van der Waals surface area (Å²) in [7, 11) is 0. The van der Waals surface area contributed by atoms with Crippen LogP contribution in [0.15, 0.2) is 66.7 Å². The molecule has 1 aliphatic heterocycles. The smallest absolute Gasteiger partial charge is 0.311 e. The maximum absolute atomic E-state index is 13.7. The van der Waals surface area contributed by atoms with Crippen LogP contribution in [-0.2, 0) is 46.5 Å². The molecule has 0 radical (unpaired) electrons. The summed E-state index contributed by atoms with van der Waals surface area (Å²) in [6, 6.07) is 14.4. The van der Waals surface area contributed by atoms with Crippen molar-refractivity contribution < 1.29 is 33.5 Å². The molecule has 2 atom stereocenters. The van der Waals surface area contributed by atoms with Crippen LogP contribution in [-0.4, -0.2) is 65.6 Å². The Morgan fingerprint density at radius 2 is 1.45 bits per heavy atom. The van der Waals surface area contributed by atoms with E-state index in [2.05, 4.69) is 16.0 Å². The molecule has 3 rings (SSSR count). The summed E-state index contributed by atoms with van der Waals surface area (Å²) in [6.45, 7) is 6.18. The molecule has 0 unspecified atom stereocenters. The first kappa shape index (κ1) is 38.6. The molecule has 49 heavy (non-hydrogen) atoms. The van der Waals surface area contributed by atoms with Crippen LogP contribution < -0.4 is 21.7 Å². The fourth-order valence-corrected chi connectivity index (χ4v) is 5.02. The molecule has 1 aliphatic rings. The Labute approximate surface area is 288 Å². The molecule has 0 spiro atoms. The van der Waals surface area contributed by atoms with Crippen LogP contribution in [0.3, 0.4) is 0 Å². The topological polar surface area (TPSA) is 177 Å². The first-order chi connectivity index (χ1) is 23.4. The Kier molecular flexibility index (Phi) is 15.2. The van der Waals surface area contributed by atoms with Crippen LogP contribution in [0.5, 0.6) is 0 Å². The number of ether oxygens (including phenoxy) is 1. The largest absolute Gasteiger partial charge is 0.460 e. The number of nitrogens with one attached hydrogen (secondary N) is 3. The minimum atomic E-state index is -0.930. The molecule has 0 saturated carbocycles. The van der Waals surface area contributed by atoms with Crippen molar-refractivity contribution in [3.63, 3.8) is 0 Å². The molecule has 0 fully saturated rings. The first-order valence-electron chi connectivity index (χ1n) is 16.8. The Balaban J connectivity index is 1.60. The van der Waals surface area contributed by atoms with Crippen molar-refractivity contribution in [3.05, 3.63) is 77.9 Å². The number of hydrogen-bond acceptors (Lipinski definition) is 8. The van der Waals surface area contributed by atoms with E-state index in [4.69, 9.17) is 10.5 Å². The van der Waals surface area contributed by atoms with E-state index < -0.39 is 29.3 Å². The molecule has 12 heteroatoms. The minimum Gasteiger partial charge on any atom is -0.460 e. The second-order valence-electron chi connectivity index (χ2n) is 13.1. The number of anilines is 1. The van der Waals surface area contributed by atoms with Crippen molar-refractivity contribution in [1.29, 1.82) is 0 Å². The van der Waals surface area contributed by atoms with Gasteiger partial charge in [0.1, 0.15) is 18.7 Å². The molecule has 12 nitrogen and oxygen atoms in total. The second kappa shape index (κ2) is 19.2. The van der Waals surface area contributed by atoms with Gasteiger partial charge in [0.2, 0.25) is 17.7 Å². The number of rotatable bonds is 19. The highest BCUT2D eigenvalue weighted by Gasteiger charge is 2.28. The van der Waals surface area contributed by atoms with E-state index in [0.29, 0.717) is 50.8 Å². The van der Waals surface area contributed by atoms with Gasteiger partial charge < -0.3 is 26.4 Å². The minimum absolute atomic E-state index is 0.106. The average Bonchev–Trinajstić information content (AvgIpc) is 3.39. The Morgan fingerprint density at radius 3 is 2.08 bits per heavy atom. The van der Waals surface area contributed by atoms with Gasteiger partial charge in [-0.3, -0.25) is 33.7 Å². The number of benzene rings is 2. The van der Waals surface area contributed by atoms with Gasteiger partial charge >= 0.3 is 5.97 Å². The van der Waals surface area contributed by atoms with Crippen LogP contribution >= 0.6 is 0 Å². The fraction of sp³-hybridized carbons (Fsp3) is 0.459. The van der Waals surface area contributed by atoms with E-state index in [9.17, 15) is 28.8 Å². The monoisotopic (exact) mass is 675 g/mol. The van der Waals surface area contributed by atoms with Gasteiger partial charge in [-0.2, -0.15) is 0 Å². The van der Waals surface area contributed by atoms with Gasteiger partial charge in [-0.15, -0.1) is 0 Å². The second-order valence-corrected chi connectivity index (χ2v) is 13.1. The predicted molar refractivity (Wildman–Crippen MR) is 186 cm³/mol. The quantitative estimate of drug-likeness (QED) is 0.0993. The molecule has 5 amide bonds. The Morgan fingerprint density at radius 1 is 0.776 bits per heavy atom. The Hall–Kier alpha value is -4.84. The van der Waals surface area contributed by atoms with E-state index in [1.165, 1.54) is 17.1 Å². The van der Waals surface area contributed by atoms with Crippen molar-refractivity contribution in [3.8, 4) is 0 Å². The standard InChI is InChI=1S/C37H49N5O7/c1-37(2,3)36(48)49-25-27-16-18-28(19-17-27)39-34(46)29(14-9-10-22-38)41-35(47)30(24-26-12-6-4-7-13-26)40-31(43)15-8-5-11-23-42-32(44)20-21-33(42)45/h4,6-7,12-13,16-21,29-30H,5,8-11,14-15,22-25,38H2,1-3H3,(H,39,46)(H,40,43)(H,41,47)/t29-,30-/m0/s1. The molecule has 1 heterocycles. The summed E-state index contributed by atoms with van der Waals surface area (Å²) in [6.07, 6.45) is 6.18. The third kappa shape index (κ3) is 13.3. The number of carbonyl (C=O) groups excluding carboxylic acids is 6. The van der Waals surface area contributed by atoms with Crippen molar-refractivity contribution in [2.75, 3.05) is 18.4 Å². The molecule has 5 N–H and O–H groups in total. The number of carbonyl (C=O) groups is 6. The first-order valence-corrected chi connectivity index (χ1v) is 16.8. The molecular formula is C37H49N5O7. The third-order valence-electron chi connectivity index (χ3n) is 7.90.